The van der Waals surface area contributed by atoms with Gasteiger partial charge < -0.3 is 4.42 Å². The van der Waals surface area contributed by atoms with Crippen molar-refractivity contribution in [3.63, 3.8) is 0 Å². The molecule has 3 aromatic heterocycles. The van der Waals surface area contributed by atoms with Gasteiger partial charge in [0.2, 0.25) is 0 Å². The monoisotopic (exact) mass is 273 g/mol. The second-order valence-electron chi connectivity index (χ2n) is 4.61. The number of furan rings is 1. The average Bonchev–Trinajstić information content (AvgIpc) is 3.09. The Morgan fingerprint density at radius 3 is 2.19 bits per heavy atom. The summed E-state index contributed by atoms with van der Waals surface area (Å²) in [6, 6.07) is 13.6. The van der Waals surface area contributed by atoms with Crippen molar-refractivity contribution in [2.45, 2.75) is 0 Å². The van der Waals surface area contributed by atoms with E-state index in [4.69, 9.17) is 4.42 Å². The molecule has 0 spiro atoms. The first-order chi connectivity index (χ1) is 10.4. The number of fused-ring (bicyclic) bond motifs is 1. The summed E-state index contributed by atoms with van der Waals surface area (Å²) >= 11 is 0. The van der Waals surface area contributed by atoms with Gasteiger partial charge in [0.15, 0.2) is 0 Å². The first-order valence-corrected chi connectivity index (χ1v) is 6.62. The maximum absolute atomic E-state index is 5.49. The van der Waals surface area contributed by atoms with E-state index in [2.05, 4.69) is 15.0 Å². The first kappa shape index (κ1) is 11.8. The van der Waals surface area contributed by atoms with Crippen LogP contribution in [0.1, 0.15) is 0 Å². The van der Waals surface area contributed by atoms with E-state index in [1.165, 1.54) is 0 Å². The minimum absolute atomic E-state index is 0.785. The largest absolute Gasteiger partial charge is 0.464 e. The van der Waals surface area contributed by atoms with Crippen LogP contribution in [0.5, 0.6) is 0 Å². The highest BCUT2D eigenvalue weighted by molar-refractivity contribution is 5.98. The van der Waals surface area contributed by atoms with Crippen LogP contribution < -0.4 is 0 Å². The normalized spacial score (nSPS) is 10.9. The molecule has 100 valence electrons. The summed E-state index contributed by atoms with van der Waals surface area (Å²) in [6.07, 6.45) is 6.82. The van der Waals surface area contributed by atoms with E-state index in [1.807, 2.05) is 42.5 Å². The highest BCUT2D eigenvalue weighted by atomic mass is 16.3. The highest BCUT2D eigenvalue weighted by Gasteiger charge is 2.13. The molecule has 0 saturated carbocycles. The van der Waals surface area contributed by atoms with Crippen LogP contribution in [-0.4, -0.2) is 15.0 Å². The maximum Gasteiger partial charge on any atom is 0.136 e. The Balaban J connectivity index is 2.02. The Morgan fingerprint density at radius 2 is 1.48 bits per heavy atom. The zero-order valence-electron chi connectivity index (χ0n) is 11.1. The molecule has 0 saturated heterocycles. The molecule has 4 heteroatoms. The summed E-state index contributed by atoms with van der Waals surface area (Å²) in [5.41, 5.74) is 4.42. The standard InChI is InChI=1S/C17H11N3O/c1-2-8-18-14(4-1)12-6-7-13(15-5-3-11-21-15)17-16(12)19-9-10-20-17/h1-11H. The Labute approximate surface area is 121 Å². The number of nitrogens with zero attached hydrogens (tertiary/aromatic N) is 3. The van der Waals surface area contributed by atoms with Crippen molar-refractivity contribution < 1.29 is 4.42 Å². The van der Waals surface area contributed by atoms with Gasteiger partial charge in [0.25, 0.3) is 0 Å². The second kappa shape index (κ2) is 4.83. The molecule has 4 aromatic rings. The third-order valence-corrected chi connectivity index (χ3v) is 3.35. The molecular formula is C17H11N3O. The summed E-state index contributed by atoms with van der Waals surface area (Å²) in [4.78, 5) is 13.4. The second-order valence-corrected chi connectivity index (χ2v) is 4.61. The summed E-state index contributed by atoms with van der Waals surface area (Å²) in [5, 5.41) is 0. The molecule has 3 heterocycles. The fourth-order valence-electron chi connectivity index (χ4n) is 2.42. The third kappa shape index (κ3) is 1.97. The van der Waals surface area contributed by atoms with Gasteiger partial charge in [-0.1, -0.05) is 6.07 Å². The van der Waals surface area contributed by atoms with Crippen LogP contribution in [0, 0.1) is 0 Å². The number of aromatic nitrogens is 3. The van der Waals surface area contributed by atoms with Crippen molar-refractivity contribution in [2.75, 3.05) is 0 Å². The van der Waals surface area contributed by atoms with Crippen LogP contribution in [0.4, 0.5) is 0 Å². The number of hydrogen-bond acceptors (Lipinski definition) is 4. The molecular weight excluding hydrogens is 262 g/mol. The quantitative estimate of drug-likeness (QED) is 0.555. The Bertz CT molecular complexity index is 886. The molecule has 0 aliphatic carbocycles. The molecule has 0 aliphatic rings. The van der Waals surface area contributed by atoms with Gasteiger partial charge in [0.1, 0.15) is 11.3 Å². The van der Waals surface area contributed by atoms with E-state index >= 15 is 0 Å². The van der Waals surface area contributed by atoms with Crippen LogP contribution in [0.2, 0.25) is 0 Å². The predicted molar refractivity (Wildman–Crippen MR) is 80.5 cm³/mol. The van der Waals surface area contributed by atoms with E-state index in [0.29, 0.717) is 0 Å². The summed E-state index contributed by atoms with van der Waals surface area (Å²) in [7, 11) is 0. The minimum Gasteiger partial charge on any atom is -0.464 e. The Morgan fingerprint density at radius 1 is 0.667 bits per heavy atom. The number of pyridine rings is 1. The van der Waals surface area contributed by atoms with E-state index in [0.717, 1.165) is 33.6 Å². The van der Waals surface area contributed by atoms with Crippen molar-refractivity contribution >= 4 is 11.0 Å². The number of benzene rings is 1. The zero-order chi connectivity index (χ0) is 14.1. The number of hydrogen-bond donors (Lipinski definition) is 0. The molecule has 1 aromatic carbocycles. The lowest BCUT2D eigenvalue weighted by atomic mass is 10.0. The van der Waals surface area contributed by atoms with Crippen molar-refractivity contribution in [3.8, 4) is 22.6 Å². The van der Waals surface area contributed by atoms with Crippen molar-refractivity contribution in [2.24, 2.45) is 0 Å². The van der Waals surface area contributed by atoms with E-state index < -0.39 is 0 Å². The molecule has 0 N–H and O–H groups in total. The fraction of sp³-hybridized carbons (Fsp3) is 0. The topological polar surface area (TPSA) is 51.8 Å². The van der Waals surface area contributed by atoms with Crippen molar-refractivity contribution in [1.29, 1.82) is 0 Å². The molecule has 21 heavy (non-hydrogen) atoms. The summed E-state index contributed by atoms with van der Waals surface area (Å²) < 4.78 is 5.49. The van der Waals surface area contributed by atoms with Crippen molar-refractivity contribution in [1.82, 2.24) is 15.0 Å². The van der Waals surface area contributed by atoms with E-state index in [1.54, 1.807) is 24.9 Å². The fourth-order valence-corrected chi connectivity index (χ4v) is 2.42. The van der Waals surface area contributed by atoms with E-state index in [9.17, 15) is 0 Å². The lowest BCUT2D eigenvalue weighted by molar-refractivity contribution is 0.583. The van der Waals surface area contributed by atoms with Crippen LogP contribution in [0.15, 0.2) is 71.7 Å². The maximum atomic E-state index is 5.49. The predicted octanol–water partition coefficient (Wildman–Crippen LogP) is 3.95. The lowest BCUT2D eigenvalue weighted by Crippen LogP contribution is -1.91. The average molecular weight is 273 g/mol. The van der Waals surface area contributed by atoms with E-state index in [-0.39, 0.29) is 0 Å². The SMILES string of the molecule is c1ccc(-c2ccc(-c3ccco3)c3nccnc23)nc1. The third-order valence-electron chi connectivity index (χ3n) is 3.35. The van der Waals surface area contributed by atoms with Crippen LogP contribution in [0.25, 0.3) is 33.6 Å². The lowest BCUT2D eigenvalue weighted by Gasteiger charge is -2.07. The molecule has 0 bridgehead atoms. The molecule has 4 nitrogen and oxygen atoms in total. The molecule has 0 atom stereocenters. The Hall–Kier alpha value is -3.01. The highest BCUT2D eigenvalue weighted by Crippen LogP contribution is 2.32. The Kier molecular flexibility index (Phi) is 2.71. The van der Waals surface area contributed by atoms with Crippen LogP contribution in [0.3, 0.4) is 0 Å². The minimum atomic E-state index is 0.785. The summed E-state index contributed by atoms with van der Waals surface area (Å²) in [6.45, 7) is 0. The zero-order valence-corrected chi connectivity index (χ0v) is 11.1. The van der Waals surface area contributed by atoms with Gasteiger partial charge in [0.05, 0.1) is 17.5 Å². The first-order valence-electron chi connectivity index (χ1n) is 6.62. The number of rotatable bonds is 2. The van der Waals surface area contributed by atoms with Gasteiger partial charge in [-0.25, -0.2) is 0 Å². The molecule has 0 unspecified atom stereocenters. The molecule has 0 radical (unpaired) electrons. The van der Waals surface area contributed by atoms with Gasteiger partial charge in [-0.3, -0.25) is 15.0 Å². The van der Waals surface area contributed by atoms with Crippen LogP contribution >= 0.6 is 0 Å². The van der Waals surface area contributed by atoms with Gasteiger partial charge in [-0.15, -0.1) is 0 Å². The van der Waals surface area contributed by atoms with Crippen molar-refractivity contribution in [3.05, 3.63) is 67.3 Å². The molecule has 4 rings (SSSR count). The molecule has 0 fully saturated rings. The molecule has 0 aliphatic heterocycles. The smallest absolute Gasteiger partial charge is 0.136 e. The van der Waals surface area contributed by atoms with Gasteiger partial charge in [-0.2, -0.15) is 0 Å². The van der Waals surface area contributed by atoms with Gasteiger partial charge in [0, 0.05) is 29.7 Å². The van der Waals surface area contributed by atoms with Gasteiger partial charge in [-0.05, 0) is 36.4 Å². The summed E-state index contributed by atoms with van der Waals surface area (Å²) in [5.74, 6) is 0.785. The van der Waals surface area contributed by atoms with Crippen LogP contribution in [-0.2, 0) is 0 Å². The van der Waals surface area contributed by atoms with Gasteiger partial charge >= 0.3 is 0 Å². The molecule has 0 amide bonds.